The van der Waals surface area contributed by atoms with Crippen LogP contribution in [-0.2, 0) is 6.54 Å². The zero-order valence-electron chi connectivity index (χ0n) is 10.5. The largest absolute Gasteiger partial charge is 0.399 e. The van der Waals surface area contributed by atoms with Crippen molar-refractivity contribution >= 4 is 23.2 Å². The average molecular weight is 279 g/mol. The maximum atomic E-state index is 12.0. The van der Waals surface area contributed by atoms with Gasteiger partial charge in [-0.15, -0.1) is 0 Å². The summed E-state index contributed by atoms with van der Waals surface area (Å²) in [5, 5.41) is 7.41. The highest BCUT2D eigenvalue weighted by Crippen LogP contribution is 2.16. The molecule has 1 aromatic carbocycles. The van der Waals surface area contributed by atoms with Gasteiger partial charge in [-0.3, -0.25) is 9.48 Å². The van der Waals surface area contributed by atoms with E-state index >= 15 is 0 Å². The van der Waals surface area contributed by atoms with Crippen molar-refractivity contribution in [2.75, 3.05) is 5.73 Å². The molecule has 1 aromatic heterocycles. The summed E-state index contributed by atoms with van der Waals surface area (Å²) >= 11 is 5.87. The molecule has 6 heteroatoms. The van der Waals surface area contributed by atoms with E-state index < -0.39 is 0 Å². The third-order valence-electron chi connectivity index (χ3n) is 2.58. The van der Waals surface area contributed by atoms with Gasteiger partial charge in [-0.05, 0) is 31.2 Å². The number of anilines is 1. The van der Waals surface area contributed by atoms with Crippen molar-refractivity contribution in [2.45, 2.75) is 19.5 Å². The summed E-state index contributed by atoms with van der Waals surface area (Å²) < 4.78 is 1.76. The molecule has 0 aliphatic rings. The van der Waals surface area contributed by atoms with Crippen molar-refractivity contribution in [3.8, 4) is 0 Å². The maximum absolute atomic E-state index is 12.0. The second-order valence-corrected chi connectivity index (χ2v) is 4.81. The van der Waals surface area contributed by atoms with Crippen molar-refractivity contribution < 1.29 is 4.79 Å². The van der Waals surface area contributed by atoms with Gasteiger partial charge in [-0.25, -0.2) is 0 Å². The number of nitrogens with two attached hydrogens (primary N) is 1. The topological polar surface area (TPSA) is 72.9 Å². The Morgan fingerprint density at radius 2 is 2.32 bits per heavy atom. The van der Waals surface area contributed by atoms with Crippen LogP contribution in [0.5, 0.6) is 0 Å². The average Bonchev–Trinajstić information content (AvgIpc) is 2.80. The summed E-state index contributed by atoms with van der Waals surface area (Å²) in [6.45, 7) is 2.52. The summed E-state index contributed by atoms with van der Waals surface area (Å²) in [6.07, 6.45) is 3.55. The lowest BCUT2D eigenvalue weighted by molar-refractivity contribution is 0.0936. The molecule has 0 saturated carbocycles. The summed E-state index contributed by atoms with van der Waals surface area (Å²) in [4.78, 5) is 12.0. The van der Waals surface area contributed by atoms with Gasteiger partial charge >= 0.3 is 0 Å². The first-order chi connectivity index (χ1) is 9.04. The molecule has 3 N–H and O–H groups in total. The molecule has 0 saturated heterocycles. The normalized spacial score (nSPS) is 12.1. The monoisotopic (exact) mass is 278 g/mol. The van der Waals surface area contributed by atoms with Gasteiger partial charge in [0.15, 0.2) is 0 Å². The number of nitrogens with one attached hydrogen (secondary N) is 1. The van der Waals surface area contributed by atoms with E-state index in [0.717, 1.165) is 0 Å². The molecule has 0 spiro atoms. The lowest BCUT2D eigenvalue weighted by atomic mass is 10.2. The van der Waals surface area contributed by atoms with Crippen LogP contribution in [0.2, 0.25) is 5.02 Å². The first kappa shape index (κ1) is 13.4. The highest BCUT2D eigenvalue weighted by atomic mass is 35.5. The highest BCUT2D eigenvalue weighted by Gasteiger charge is 2.11. The number of carbonyl (C=O) groups excluding carboxylic acids is 1. The van der Waals surface area contributed by atoms with Gasteiger partial charge in [0.2, 0.25) is 0 Å². The molecule has 0 bridgehead atoms. The van der Waals surface area contributed by atoms with Gasteiger partial charge in [-0.2, -0.15) is 5.10 Å². The van der Waals surface area contributed by atoms with Crippen molar-refractivity contribution in [1.29, 1.82) is 0 Å². The number of aromatic nitrogens is 2. The zero-order chi connectivity index (χ0) is 13.8. The predicted molar refractivity (Wildman–Crippen MR) is 75.0 cm³/mol. The van der Waals surface area contributed by atoms with E-state index in [2.05, 4.69) is 10.4 Å². The number of rotatable bonds is 4. The first-order valence-corrected chi connectivity index (χ1v) is 6.27. The summed E-state index contributed by atoms with van der Waals surface area (Å²) in [7, 11) is 0. The van der Waals surface area contributed by atoms with E-state index in [1.807, 2.05) is 19.2 Å². The highest BCUT2D eigenvalue weighted by molar-refractivity contribution is 6.31. The van der Waals surface area contributed by atoms with Crippen LogP contribution in [-0.4, -0.2) is 21.7 Å². The van der Waals surface area contributed by atoms with Crippen molar-refractivity contribution in [2.24, 2.45) is 0 Å². The van der Waals surface area contributed by atoms with E-state index in [1.54, 1.807) is 29.1 Å². The number of carbonyl (C=O) groups is 1. The van der Waals surface area contributed by atoms with Crippen LogP contribution in [0.4, 0.5) is 5.69 Å². The fraction of sp³-hybridized carbons (Fsp3) is 0.231. The van der Waals surface area contributed by atoms with Crippen LogP contribution in [0.3, 0.4) is 0 Å². The molecule has 100 valence electrons. The number of amides is 1. The Labute approximate surface area is 116 Å². The van der Waals surface area contributed by atoms with Crippen LogP contribution < -0.4 is 11.1 Å². The van der Waals surface area contributed by atoms with E-state index in [1.165, 1.54) is 0 Å². The third-order valence-corrected chi connectivity index (χ3v) is 2.80. The predicted octanol–water partition coefficient (Wildman–Crippen LogP) is 1.94. The summed E-state index contributed by atoms with van der Waals surface area (Å²) in [5.41, 5.74) is 6.58. The van der Waals surface area contributed by atoms with Crippen LogP contribution in [0, 0.1) is 0 Å². The molecule has 1 amide bonds. The van der Waals surface area contributed by atoms with E-state index in [0.29, 0.717) is 22.8 Å². The standard InChI is InChI=1S/C13H15ClN4O/c1-9(8-18-4-2-3-16-18)17-13(19)10-5-11(14)7-12(15)6-10/h2-7,9H,8,15H2,1H3,(H,17,19). The van der Waals surface area contributed by atoms with Crippen molar-refractivity contribution in [1.82, 2.24) is 15.1 Å². The van der Waals surface area contributed by atoms with Gasteiger partial charge in [0.05, 0.1) is 6.54 Å². The molecule has 1 heterocycles. The van der Waals surface area contributed by atoms with Crippen molar-refractivity contribution in [3.05, 3.63) is 47.2 Å². The molecule has 2 rings (SSSR count). The molecule has 5 nitrogen and oxygen atoms in total. The van der Waals surface area contributed by atoms with Gasteiger partial charge < -0.3 is 11.1 Å². The zero-order valence-corrected chi connectivity index (χ0v) is 11.3. The Bertz CT molecular complexity index is 548. The number of nitrogens with zero attached hydrogens (tertiary/aromatic N) is 2. The number of nitrogen functional groups attached to an aromatic ring is 1. The minimum atomic E-state index is -0.200. The Morgan fingerprint density at radius 1 is 1.53 bits per heavy atom. The second-order valence-electron chi connectivity index (χ2n) is 4.38. The minimum Gasteiger partial charge on any atom is -0.399 e. The van der Waals surface area contributed by atoms with Crippen LogP contribution in [0.1, 0.15) is 17.3 Å². The molecule has 19 heavy (non-hydrogen) atoms. The van der Waals surface area contributed by atoms with Gasteiger partial charge in [0.1, 0.15) is 0 Å². The van der Waals surface area contributed by atoms with Gasteiger partial charge in [0, 0.05) is 34.7 Å². The molecular weight excluding hydrogens is 264 g/mol. The number of halogens is 1. The Kier molecular flexibility index (Phi) is 4.06. The van der Waals surface area contributed by atoms with Crippen molar-refractivity contribution in [3.63, 3.8) is 0 Å². The first-order valence-electron chi connectivity index (χ1n) is 5.89. The Hall–Kier alpha value is -2.01. The number of hydrogen-bond donors (Lipinski definition) is 2. The molecule has 1 unspecified atom stereocenters. The van der Waals surface area contributed by atoms with E-state index in [-0.39, 0.29) is 11.9 Å². The number of hydrogen-bond acceptors (Lipinski definition) is 3. The summed E-state index contributed by atoms with van der Waals surface area (Å²) in [5.74, 6) is -0.200. The Morgan fingerprint density at radius 3 is 2.95 bits per heavy atom. The molecule has 2 aromatic rings. The van der Waals surface area contributed by atoms with Crippen LogP contribution in [0.15, 0.2) is 36.7 Å². The third kappa shape index (κ3) is 3.72. The van der Waals surface area contributed by atoms with E-state index in [4.69, 9.17) is 17.3 Å². The molecule has 0 aliphatic carbocycles. The van der Waals surface area contributed by atoms with Crippen LogP contribution >= 0.6 is 11.6 Å². The molecular formula is C13H15ClN4O. The second kappa shape index (κ2) is 5.75. The fourth-order valence-electron chi connectivity index (χ4n) is 1.79. The quantitative estimate of drug-likeness (QED) is 0.840. The molecule has 0 fully saturated rings. The summed E-state index contributed by atoms with van der Waals surface area (Å²) in [6, 6.07) is 6.58. The van der Waals surface area contributed by atoms with Crippen LogP contribution in [0.25, 0.3) is 0 Å². The molecule has 0 aliphatic heterocycles. The van der Waals surface area contributed by atoms with E-state index in [9.17, 15) is 4.79 Å². The maximum Gasteiger partial charge on any atom is 0.251 e. The SMILES string of the molecule is CC(Cn1cccn1)NC(=O)c1cc(N)cc(Cl)c1. The molecule has 0 radical (unpaired) electrons. The molecule has 1 atom stereocenters. The van der Waals surface area contributed by atoms with Gasteiger partial charge in [0.25, 0.3) is 5.91 Å². The fourth-order valence-corrected chi connectivity index (χ4v) is 2.03. The minimum absolute atomic E-state index is 0.0485. The Balaban J connectivity index is 2.00. The van der Waals surface area contributed by atoms with Gasteiger partial charge in [-0.1, -0.05) is 11.6 Å². The smallest absolute Gasteiger partial charge is 0.251 e. The number of benzene rings is 1. The lowest BCUT2D eigenvalue weighted by Crippen LogP contribution is -2.35. The lowest BCUT2D eigenvalue weighted by Gasteiger charge is -2.14.